The van der Waals surface area contributed by atoms with Crippen molar-refractivity contribution in [2.75, 3.05) is 13.6 Å². The molecule has 5 heteroatoms. The monoisotopic (exact) mass is 252 g/mol. The first kappa shape index (κ1) is 12.5. The van der Waals surface area contributed by atoms with Crippen LogP contribution in [-0.4, -0.2) is 33.3 Å². The van der Waals surface area contributed by atoms with Gasteiger partial charge in [0, 0.05) is 19.3 Å². The van der Waals surface area contributed by atoms with Gasteiger partial charge in [0.1, 0.15) is 0 Å². The average molecular weight is 252 g/mol. The fraction of sp³-hybridized carbons (Fsp3) is 0.667. The molecule has 0 aliphatic heterocycles. The summed E-state index contributed by atoms with van der Waals surface area (Å²) in [5.41, 5.74) is 6.61. The van der Waals surface area contributed by atoms with Crippen molar-refractivity contribution < 1.29 is 0 Å². The molecule has 1 aromatic heterocycles. The molecule has 4 nitrogen and oxygen atoms in total. The van der Waals surface area contributed by atoms with Crippen LogP contribution in [0.15, 0.2) is 12.3 Å². The fourth-order valence-corrected chi connectivity index (χ4v) is 2.65. The van der Waals surface area contributed by atoms with E-state index in [-0.39, 0.29) is 0 Å². The van der Waals surface area contributed by atoms with Gasteiger partial charge in [-0.1, -0.05) is 25.1 Å². The third-order valence-corrected chi connectivity index (χ3v) is 3.35. The molecule has 0 radical (unpaired) electrons. The molecule has 0 spiro atoms. The molecule has 94 valence electrons. The van der Waals surface area contributed by atoms with E-state index in [9.17, 15) is 0 Å². The Kier molecular flexibility index (Phi) is 4.12. The van der Waals surface area contributed by atoms with E-state index in [4.69, 9.17) is 18.0 Å². The van der Waals surface area contributed by atoms with E-state index in [1.165, 1.54) is 25.7 Å². The Morgan fingerprint density at radius 2 is 2.29 bits per heavy atom. The highest BCUT2D eigenvalue weighted by Gasteiger charge is 2.17. The summed E-state index contributed by atoms with van der Waals surface area (Å²) in [4.78, 5) is 2.62. The van der Waals surface area contributed by atoms with E-state index in [0.29, 0.717) is 17.6 Å². The van der Waals surface area contributed by atoms with Gasteiger partial charge in [-0.3, -0.25) is 9.58 Å². The van der Waals surface area contributed by atoms with E-state index < -0.39 is 0 Å². The maximum absolute atomic E-state index is 5.52. The Balaban J connectivity index is 1.91. The molecule has 1 saturated carbocycles. The summed E-state index contributed by atoms with van der Waals surface area (Å²) in [6.45, 7) is 1.45. The van der Waals surface area contributed by atoms with Crippen LogP contribution in [0.2, 0.25) is 0 Å². The molecule has 0 bridgehead atoms. The van der Waals surface area contributed by atoms with E-state index in [2.05, 4.69) is 26.9 Å². The molecule has 2 rings (SSSR count). The van der Waals surface area contributed by atoms with Gasteiger partial charge < -0.3 is 5.73 Å². The van der Waals surface area contributed by atoms with Gasteiger partial charge in [0.05, 0.1) is 16.7 Å². The zero-order chi connectivity index (χ0) is 12.3. The molecule has 1 aliphatic rings. The number of rotatable bonds is 5. The number of thiocarbonyl (C=S) groups is 1. The largest absolute Gasteiger partial charge is 0.392 e. The minimum Gasteiger partial charge on any atom is -0.392 e. The second kappa shape index (κ2) is 5.60. The Morgan fingerprint density at radius 3 is 2.94 bits per heavy atom. The lowest BCUT2D eigenvalue weighted by molar-refractivity contribution is 0.363. The Labute approximate surface area is 108 Å². The van der Waals surface area contributed by atoms with Crippen molar-refractivity contribution in [3.05, 3.63) is 18.0 Å². The van der Waals surface area contributed by atoms with Crippen LogP contribution in [0.5, 0.6) is 0 Å². The topological polar surface area (TPSA) is 47.1 Å². The predicted molar refractivity (Wildman–Crippen MR) is 72.9 cm³/mol. The van der Waals surface area contributed by atoms with Crippen molar-refractivity contribution >= 4 is 17.2 Å². The van der Waals surface area contributed by atoms with E-state index in [0.717, 1.165) is 12.2 Å². The molecule has 1 aliphatic carbocycles. The van der Waals surface area contributed by atoms with Gasteiger partial charge in [0.2, 0.25) is 0 Å². The van der Waals surface area contributed by atoms with Gasteiger partial charge in [-0.25, -0.2) is 0 Å². The molecular weight excluding hydrogens is 232 g/mol. The van der Waals surface area contributed by atoms with Crippen LogP contribution in [0.4, 0.5) is 0 Å². The zero-order valence-electron chi connectivity index (χ0n) is 10.3. The quantitative estimate of drug-likeness (QED) is 0.811. The van der Waals surface area contributed by atoms with Crippen LogP contribution < -0.4 is 5.73 Å². The molecule has 1 aromatic rings. The van der Waals surface area contributed by atoms with Crippen LogP contribution in [0.3, 0.4) is 0 Å². The molecule has 1 heterocycles. The van der Waals surface area contributed by atoms with E-state index in [1.807, 2.05) is 7.05 Å². The van der Waals surface area contributed by atoms with Crippen molar-refractivity contribution in [2.24, 2.45) is 5.73 Å². The molecular formula is C12H20N4S. The maximum Gasteiger partial charge on any atom is 0.0870 e. The van der Waals surface area contributed by atoms with Crippen molar-refractivity contribution in [1.29, 1.82) is 0 Å². The number of aromatic nitrogens is 2. The third-order valence-electron chi connectivity index (χ3n) is 3.22. The van der Waals surface area contributed by atoms with Crippen LogP contribution in [0, 0.1) is 0 Å². The maximum atomic E-state index is 5.52. The molecule has 0 unspecified atom stereocenters. The summed E-state index contributed by atoms with van der Waals surface area (Å²) in [6, 6.07) is 2.71. The molecule has 1 fully saturated rings. The number of hydrogen-bond donors (Lipinski definition) is 1. The Bertz CT molecular complexity index is 382. The van der Waals surface area contributed by atoms with Gasteiger partial charge >= 0.3 is 0 Å². The molecule has 17 heavy (non-hydrogen) atoms. The Morgan fingerprint density at radius 1 is 1.59 bits per heavy atom. The second-order valence-corrected chi connectivity index (χ2v) is 5.39. The summed E-state index contributed by atoms with van der Waals surface area (Å²) in [6.07, 6.45) is 7.30. The lowest BCUT2D eigenvalue weighted by atomic mass is 10.3. The Hall–Kier alpha value is -0.940. The fourth-order valence-electron chi connectivity index (χ4n) is 2.43. The lowest BCUT2D eigenvalue weighted by Gasteiger charge is -2.14. The standard InChI is InChI=1S/C12H20N4S/c1-15(9-12(13)17)8-10-6-7-16(14-10)11-4-2-3-5-11/h6-7,11H,2-5,8-9H2,1H3,(H2,13,17). The molecule has 2 N–H and O–H groups in total. The number of likely N-dealkylation sites (N-methyl/N-ethyl adjacent to an activating group) is 1. The smallest absolute Gasteiger partial charge is 0.0870 e. The predicted octanol–water partition coefficient (Wildman–Crippen LogP) is 1.72. The number of nitrogens with two attached hydrogens (primary N) is 1. The van der Waals surface area contributed by atoms with Crippen molar-refractivity contribution in [3.63, 3.8) is 0 Å². The summed E-state index contributed by atoms with van der Waals surface area (Å²) < 4.78 is 2.12. The highest BCUT2D eigenvalue weighted by atomic mass is 32.1. The van der Waals surface area contributed by atoms with E-state index >= 15 is 0 Å². The lowest BCUT2D eigenvalue weighted by Crippen LogP contribution is -2.29. The zero-order valence-corrected chi connectivity index (χ0v) is 11.1. The molecule has 0 aromatic carbocycles. The van der Waals surface area contributed by atoms with Gasteiger partial charge in [0.25, 0.3) is 0 Å². The summed E-state index contributed by atoms with van der Waals surface area (Å²) in [5.74, 6) is 0. The van der Waals surface area contributed by atoms with Crippen LogP contribution in [0.25, 0.3) is 0 Å². The summed E-state index contributed by atoms with van der Waals surface area (Å²) >= 11 is 4.89. The molecule has 0 atom stereocenters. The first-order valence-electron chi connectivity index (χ1n) is 6.16. The van der Waals surface area contributed by atoms with E-state index in [1.54, 1.807) is 0 Å². The highest BCUT2D eigenvalue weighted by molar-refractivity contribution is 7.80. The summed E-state index contributed by atoms with van der Waals surface area (Å²) in [5, 5.41) is 4.63. The normalized spacial score (nSPS) is 16.8. The van der Waals surface area contributed by atoms with Crippen molar-refractivity contribution in [3.8, 4) is 0 Å². The number of hydrogen-bond acceptors (Lipinski definition) is 3. The minimum atomic E-state index is 0.530. The van der Waals surface area contributed by atoms with Crippen molar-refractivity contribution in [2.45, 2.75) is 38.3 Å². The average Bonchev–Trinajstić information content (AvgIpc) is 2.84. The van der Waals surface area contributed by atoms with Gasteiger partial charge in [-0.05, 0) is 26.0 Å². The van der Waals surface area contributed by atoms with Crippen LogP contribution >= 0.6 is 12.2 Å². The highest BCUT2D eigenvalue weighted by Crippen LogP contribution is 2.28. The SMILES string of the molecule is CN(CC(N)=S)Cc1ccn(C2CCCC2)n1. The third kappa shape index (κ3) is 3.51. The van der Waals surface area contributed by atoms with Crippen LogP contribution in [0.1, 0.15) is 37.4 Å². The minimum absolute atomic E-state index is 0.530. The van der Waals surface area contributed by atoms with Gasteiger partial charge in [0.15, 0.2) is 0 Å². The first-order valence-corrected chi connectivity index (χ1v) is 6.57. The van der Waals surface area contributed by atoms with Crippen LogP contribution in [-0.2, 0) is 6.54 Å². The second-order valence-electron chi connectivity index (χ2n) is 4.86. The molecule has 0 saturated heterocycles. The molecule has 0 amide bonds. The number of nitrogens with zero attached hydrogens (tertiary/aromatic N) is 3. The van der Waals surface area contributed by atoms with Crippen molar-refractivity contribution in [1.82, 2.24) is 14.7 Å². The first-order chi connectivity index (χ1) is 8.15. The summed E-state index contributed by atoms with van der Waals surface area (Å²) in [7, 11) is 2.01. The van der Waals surface area contributed by atoms with Gasteiger partial charge in [-0.2, -0.15) is 5.10 Å². The van der Waals surface area contributed by atoms with Gasteiger partial charge in [-0.15, -0.1) is 0 Å².